The van der Waals surface area contributed by atoms with Gasteiger partial charge in [0.15, 0.2) is 12.4 Å². The summed E-state index contributed by atoms with van der Waals surface area (Å²) in [5.41, 5.74) is 6.23. The molecule has 2 amide bonds. The second-order valence-electron chi connectivity index (χ2n) is 4.39. The van der Waals surface area contributed by atoms with Gasteiger partial charge in [-0.3, -0.25) is 4.90 Å². The average Bonchev–Trinajstić information content (AvgIpc) is 2.61. The SMILES string of the molecule is CC1=CN([C@H]2O[C@H](CO)[C@H](O)C2[18F])C(=O)N[C@H]1N. The van der Waals surface area contributed by atoms with Gasteiger partial charge in [-0.1, -0.05) is 0 Å². The summed E-state index contributed by atoms with van der Waals surface area (Å²) in [7, 11) is 0. The van der Waals surface area contributed by atoms with Gasteiger partial charge in [0.2, 0.25) is 0 Å². The second-order valence-corrected chi connectivity index (χ2v) is 4.39. The summed E-state index contributed by atoms with van der Waals surface area (Å²) in [5.74, 6) is 0. The summed E-state index contributed by atoms with van der Waals surface area (Å²) < 4.78 is 19.0. The third-order valence-corrected chi connectivity index (χ3v) is 3.09. The summed E-state index contributed by atoms with van der Waals surface area (Å²) >= 11 is 0. The Morgan fingerprint density at radius 2 is 2.33 bits per heavy atom. The number of amides is 2. The van der Waals surface area contributed by atoms with E-state index in [0.717, 1.165) is 4.90 Å². The van der Waals surface area contributed by atoms with Crippen molar-refractivity contribution in [2.45, 2.75) is 37.7 Å². The van der Waals surface area contributed by atoms with Crippen LogP contribution in [0.4, 0.5) is 9.18 Å². The van der Waals surface area contributed by atoms with E-state index in [4.69, 9.17) is 15.6 Å². The molecular formula is C10H16FN3O4. The summed E-state index contributed by atoms with van der Waals surface area (Å²) in [4.78, 5) is 12.7. The molecule has 2 heterocycles. The molecule has 1 saturated heterocycles. The fourth-order valence-electron chi connectivity index (χ4n) is 1.95. The Morgan fingerprint density at radius 1 is 1.67 bits per heavy atom. The van der Waals surface area contributed by atoms with E-state index in [-0.39, 0.29) is 0 Å². The highest BCUT2D eigenvalue weighted by Crippen LogP contribution is 2.28. The quantitative estimate of drug-likeness (QED) is 0.489. The zero-order valence-corrected chi connectivity index (χ0v) is 9.78. The number of ether oxygens (including phenoxy) is 1. The molecule has 2 aliphatic rings. The van der Waals surface area contributed by atoms with Gasteiger partial charge in [-0.15, -0.1) is 0 Å². The van der Waals surface area contributed by atoms with Gasteiger partial charge in [0, 0.05) is 6.20 Å². The first-order valence-corrected chi connectivity index (χ1v) is 5.57. The van der Waals surface area contributed by atoms with Crippen LogP contribution in [0.3, 0.4) is 0 Å². The maximum Gasteiger partial charge on any atom is 0.325 e. The molecule has 2 aliphatic heterocycles. The van der Waals surface area contributed by atoms with Crippen LogP contribution in [0.5, 0.6) is 0 Å². The van der Waals surface area contributed by atoms with Crippen molar-refractivity contribution in [2.24, 2.45) is 5.73 Å². The Morgan fingerprint density at radius 3 is 2.89 bits per heavy atom. The second kappa shape index (κ2) is 4.81. The lowest BCUT2D eigenvalue weighted by Gasteiger charge is -2.33. The molecule has 18 heavy (non-hydrogen) atoms. The molecule has 5 atom stereocenters. The fraction of sp³-hybridized carbons (Fsp3) is 0.700. The van der Waals surface area contributed by atoms with E-state index in [1.54, 1.807) is 6.92 Å². The van der Waals surface area contributed by atoms with Crippen LogP contribution < -0.4 is 11.1 Å². The lowest BCUT2D eigenvalue weighted by molar-refractivity contribution is -0.0591. The predicted molar refractivity (Wildman–Crippen MR) is 58.8 cm³/mol. The maximum absolute atomic E-state index is 13.8. The molecule has 0 saturated carbocycles. The normalized spacial score (nSPS) is 40.7. The van der Waals surface area contributed by atoms with Crippen LogP contribution in [0.2, 0.25) is 0 Å². The monoisotopic (exact) mass is 260 g/mol. The Labute approximate surface area is 103 Å². The van der Waals surface area contributed by atoms with Crippen LogP contribution in [0.25, 0.3) is 0 Å². The minimum atomic E-state index is -1.79. The number of aliphatic hydroxyl groups excluding tert-OH is 2. The van der Waals surface area contributed by atoms with Gasteiger partial charge in [0.05, 0.1) is 6.61 Å². The van der Waals surface area contributed by atoms with Crippen LogP contribution in [0.1, 0.15) is 6.92 Å². The molecule has 0 radical (unpaired) electrons. The highest BCUT2D eigenvalue weighted by molar-refractivity contribution is 5.77. The van der Waals surface area contributed by atoms with Crippen LogP contribution in [-0.2, 0) is 4.74 Å². The highest BCUT2D eigenvalue weighted by atomic mass is 18.2. The van der Waals surface area contributed by atoms with Crippen LogP contribution in [0, 0.1) is 0 Å². The van der Waals surface area contributed by atoms with Crippen LogP contribution >= 0.6 is 0 Å². The lowest BCUT2D eigenvalue weighted by Crippen LogP contribution is -2.56. The zero-order chi connectivity index (χ0) is 13.4. The average molecular weight is 260 g/mol. The number of rotatable bonds is 2. The van der Waals surface area contributed by atoms with E-state index in [0.29, 0.717) is 5.57 Å². The molecule has 8 heteroatoms. The molecule has 5 N–H and O–H groups in total. The Balaban J connectivity index is 2.19. The van der Waals surface area contributed by atoms with E-state index < -0.39 is 43.4 Å². The maximum atomic E-state index is 13.8. The van der Waals surface area contributed by atoms with Gasteiger partial charge in [0.1, 0.15) is 18.4 Å². The molecule has 0 aromatic carbocycles. The van der Waals surface area contributed by atoms with Gasteiger partial charge in [0.25, 0.3) is 0 Å². The Kier molecular flexibility index (Phi) is 3.53. The minimum absolute atomic E-state index is 0.518. The molecule has 2 rings (SSSR count). The van der Waals surface area contributed by atoms with Gasteiger partial charge < -0.3 is 26.0 Å². The van der Waals surface area contributed by atoms with Gasteiger partial charge in [-0.2, -0.15) is 0 Å². The number of nitrogens with one attached hydrogen (secondary N) is 1. The van der Waals surface area contributed by atoms with Crippen molar-refractivity contribution in [3.63, 3.8) is 0 Å². The number of carbonyl (C=O) groups is 1. The van der Waals surface area contributed by atoms with Crippen molar-refractivity contribution in [3.8, 4) is 0 Å². The highest BCUT2D eigenvalue weighted by Gasteiger charge is 2.48. The molecule has 0 aromatic heterocycles. The predicted octanol–water partition coefficient (Wildman–Crippen LogP) is -1.38. The number of hydrogen-bond donors (Lipinski definition) is 4. The third-order valence-electron chi connectivity index (χ3n) is 3.09. The number of aliphatic hydroxyl groups is 2. The zero-order valence-electron chi connectivity index (χ0n) is 9.78. The number of nitrogens with two attached hydrogens (primary N) is 1. The molecule has 0 bridgehead atoms. The number of hydrogen-bond acceptors (Lipinski definition) is 5. The third kappa shape index (κ3) is 2.07. The smallest absolute Gasteiger partial charge is 0.325 e. The van der Waals surface area contributed by atoms with Gasteiger partial charge in [-0.05, 0) is 12.5 Å². The number of urea groups is 1. The number of halogens is 1. The summed E-state index contributed by atoms with van der Waals surface area (Å²) in [6.45, 7) is 1.16. The van der Waals surface area contributed by atoms with Crippen molar-refractivity contribution < 1.29 is 24.1 Å². The Bertz CT molecular complexity index is 378. The summed E-state index contributed by atoms with van der Waals surface area (Å²) in [5, 5.41) is 20.9. The topological polar surface area (TPSA) is 108 Å². The summed E-state index contributed by atoms with van der Waals surface area (Å²) in [6, 6.07) is -0.605. The number of nitrogens with zero attached hydrogens (tertiary/aromatic N) is 1. The van der Waals surface area contributed by atoms with E-state index in [1.165, 1.54) is 6.20 Å². The number of alkyl halides is 1. The molecule has 7 nitrogen and oxygen atoms in total. The first-order chi connectivity index (χ1) is 8.45. The molecule has 1 fully saturated rings. The van der Waals surface area contributed by atoms with Crippen molar-refractivity contribution in [1.29, 1.82) is 0 Å². The molecule has 1 unspecified atom stereocenters. The van der Waals surface area contributed by atoms with E-state index in [2.05, 4.69) is 5.32 Å². The molecule has 102 valence electrons. The van der Waals surface area contributed by atoms with Crippen molar-refractivity contribution in [3.05, 3.63) is 11.8 Å². The van der Waals surface area contributed by atoms with E-state index >= 15 is 0 Å². The minimum Gasteiger partial charge on any atom is -0.394 e. The molecule has 0 aliphatic carbocycles. The van der Waals surface area contributed by atoms with Crippen molar-refractivity contribution >= 4 is 6.03 Å². The van der Waals surface area contributed by atoms with Crippen LogP contribution in [-0.4, -0.2) is 58.5 Å². The van der Waals surface area contributed by atoms with Gasteiger partial charge in [-0.25, -0.2) is 9.18 Å². The van der Waals surface area contributed by atoms with Crippen molar-refractivity contribution in [1.82, 2.24) is 10.2 Å². The molecular weight excluding hydrogens is 244 g/mol. The van der Waals surface area contributed by atoms with Crippen molar-refractivity contribution in [2.75, 3.05) is 6.61 Å². The van der Waals surface area contributed by atoms with E-state index in [9.17, 15) is 14.3 Å². The van der Waals surface area contributed by atoms with Crippen LogP contribution in [0.15, 0.2) is 11.8 Å². The molecule has 0 aromatic rings. The fourth-order valence-corrected chi connectivity index (χ4v) is 1.95. The first-order valence-electron chi connectivity index (χ1n) is 5.57. The first kappa shape index (κ1) is 13.2. The Hall–Kier alpha value is -1.22. The van der Waals surface area contributed by atoms with Gasteiger partial charge >= 0.3 is 6.03 Å². The largest absolute Gasteiger partial charge is 0.394 e. The summed E-state index contributed by atoms with van der Waals surface area (Å²) in [6.07, 6.45) is -4.79. The standard InChI is InChI=1S/C10H16FN3O4/c1-4-2-14(10(17)13-8(4)12)9-6(11)7(16)5(3-15)18-9/h2,5-9,15-16H,3,12H2,1H3,(H,13,17)/t5-,6?,7+,8-,9+/m1/s1/i11-1. The van der Waals surface area contributed by atoms with E-state index in [1.807, 2.05) is 0 Å². The number of carbonyl (C=O) groups excluding carboxylic acids is 1. The lowest BCUT2D eigenvalue weighted by atomic mass is 10.1. The molecule has 0 spiro atoms.